The number of amides is 2. The number of benzene rings is 2. The minimum atomic E-state index is -0.529. The Kier molecular flexibility index (Phi) is 6.56. The van der Waals surface area contributed by atoms with Gasteiger partial charge in [-0.2, -0.15) is 0 Å². The standard InChI is InChI=1S/C22H28N2O2/c1-15-10-11-19(12-17(15)3)13-21(25)24(18(4)22(26)23-5)14-20-9-7-6-8-16(20)2/h6-12,18H,13-14H2,1-5H3,(H,23,26)/t18-/m0/s1. The van der Waals surface area contributed by atoms with Gasteiger partial charge in [-0.15, -0.1) is 0 Å². The van der Waals surface area contributed by atoms with Crippen molar-refractivity contribution in [3.05, 3.63) is 70.3 Å². The first-order valence-electron chi connectivity index (χ1n) is 8.95. The molecule has 0 aromatic heterocycles. The van der Waals surface area contributed by atoms with Crippen LogP contribution in [0.2, 0.25) is 0 Å². The third-order valence-corrected chi connectivity index (χ3v) is 4.94. The molecule has 0 saturated carbocycles. The summed E-state index contributed by atoms with van der Waals surface area (Å²) in [6.07, 6.45) is 0.286. The van der Waals surface area contributed by atoms with Gasteiger partial charge >= 0.3 is 0 Å². The van der Waals surface area contributed by atoms with E-state index < -0.39 is 6.04 Å². The molecule has 26 heavy (non-hydrogen) atoms. The number of carbonyl (C=O) groups is 2. The summed E-state index contributed by atoms with van der Waals surface area (Å²) in [6.45, 7) is 8.31. The molecule has 138 valence electrons. The number of hydrogen-bond donors (Lipinski definition) is 1. The van der Waals surface area contributed by atoms with Gasteiger partial charge in [-0.1, -0.05) is 42.5 Å². The van der Waals surface area contributed by atoms with Gasteiger partial charge in [0.1, 0.15) is 6.04 Å². The largest absolute Gasteiger partial charge is 0.357 e. The second kappa shape index (κ2) is 8.65. The summed E-state index contributed by atoms with van der Waals surface area (Å²) in [5, 5.41) is 2.65. The highest BCUT2D eigenvalue weighted by atomic mass is 16.2. The van der Waals surface area contributed by atoms with Crippen molar-refractivity contribution in [1.82, 2.24) is 10.2 Å². The van der Waals surface area contributed by atoms with Gasteiger partial charge in [0.2, 0.25) is 11.8 Å². The lowest BCUT2D eigenvalue weighted by Gasteiger charge is -2.29. The maximum absolute atomic E-state index is 13.0. The molecule has 1 atom stereocenters. The molecule has 0 fully saturated rings. The van der Waals surface area contributed by atoms with E-state index in [9.17, 15) is 9.59 Å². The molecule has 4 heteroatoms. The van der Waals surface area contributed by atoms with Gasteiger partial charge in [0.25, 0.3) is 0 Å². The average Bonchev–Trinajstić information content (AvgIpc) is 2.62. The zero-order valence-corrected chi connectivity index (χ0v) is 16.3. The highest BCUT2D eigenvalue weighted by Gasteiger charge is 2.25. The van der Waals surface area contributed by atoms with Crippen molar-refractivity contribution in [3.63, 3.8) is 0 Å². The highest BCUT2D eigenvalue weighted by Crippen LogP contribution is 2.16. The van der Waals surface area contributed by atoms with Crippen LogP contribution in [-0.4, -0.2) is 29.8 Å². The average molecular weight is 352 g/mol. The lowest BCUT2D eigenvalue weighted by Crippen LogP contribution is -2.47. The Labute approximate surface area is 156 Å². The Bertz CT molecular complexity index is 798. The summed E-state index contributed by atoms with van der Waals surface area (Å²) in [5.41, 5.74) is 5.51. The number of likely N-dealkylation sites (N-methyl/N-ethyl adjacent to an activating group) is 1. The van der Waals surface area contributed by atoms with Crippen LogP contribution in [0.15, 0.2) is 42.5 Å². The quantitative estimate of drug-likeness (QED) is 0.867. The van der Waals surface area contributed by atoms with Gasteiger partial charge < -0.3 is 10.2 Å². The van der Waals surface area contributed by atoms with Crippen molar-refractivity contribution in [2.45, 2.75) is 46.7 Å². The highest BCUT2D eigenvalue weighted by molar-refractivity contribution is 5.88. The summed E-state index contributed by atoms with van der Waals surface area (Å²) in [7, 11) is 1.60. The second-order valence-electron chi connectivity index (χ2n) is 6.83. The summed E-state index contributed by atoms with van der Waals surface area (Å²) in [4.78, 5) is 26.9. The van der Waals surface area contributed by atoms with Crippen LogP contribution < -0.4 is 5.32 Å². The van der Waals surface area contributed by atoms with Crippen molar-refractivity contribution in [3.8, 4) is 0 Å². The number of carbonyl (C=O) groups excluding carboxylic acids is 2. The van der Waals surface area contributed by atoms with Crippen LogP contribution in [-0.2, 0) is 22.6 Å². The fraction of sp³-hybridized carbons (Fsp3) is 0.364. The smallest absolute Gasteiger partial charge is 0.242 e. The number of nitrogens with one attached hydrogen (secondary N) is 1. The molecule has 2 aromatic carbocycles. The normalized spacial score (nSPS) is 11.7. The minimum Gasteiger partial charge on any atom is -0.357 e. The Hall–Kier alpha value is -2.62. The number of rotatable bonds is 6. The molecule has 0 unspecified atom stereocenters. The summed E-state index contributed by atoms with van der Waals surface area (Å²) in [6, 6.07) is 13.5. The fourth-order valence-corrected chi connectivity index (χ4v) is 2.95. The van der Waals surface area contributed by atoms with E-state index in [2.05, 4.69) is 12.2 Å². The number of aryl methyl sites for hydroxylation is 3. The maximum Gasteiger partial charge on any atom is 0.242 e. The predicted octanol–water partition coefficient (Wildman–Crippen LogP) is 3.32. The van der Waals surface area contributed by atoms with Crippen molar-refractivity contribution >= 4 is 11.8 Å². The van der Waals surface area contributed by atoms with Gasteiger partial charge in [-0.3, -0.25) is 9.59 Å². The summed E-state index contributed by atoms with van der Waals surface area (Å²) >= 11 is 0. The number of hydrogen-bond acceptors (Lipinski definition) is 2. The molecule has 1 N–H and O–H groups in total. The van der Waals surface area contributed by atoms with E-state index in [1.54, 1.807) is 18.9 Å². The molecule has 4 nitrogen and oxygen atoms in total. The molecule has 0 heterocycles. The summed E-state index contributed by atoms with van der Waals surface area (Å²) in [5.74, 6) is -0.209. The Balaban J connectivity index is 2.26. The maximum atomic E-state index is 13.0. The molecule has 0 radical (unpaired) electrons. The molecule has 0 saturated heterocycles. The fourth-order valence-electron chi connectivity index (χ4n) is 2.95. The van der Waals surface area contributed by atoms with Gasteiger partial charge in [-0.05, 0) is 55.5 Å². The monoisotopic (exact) mass is 352 g/mol. The van der Waals surface area contributed by atoms with Crippen LogP contribution >= 0.6 is 0 Å². The van der Waals surface area contributed by atoms with Gasteiger partial charge in [-0.25, -0.2) is 0 Å². The molecule has 2 rings (SSSR count). The van der Waals surface area contributed by atoms with Crippen LogP contribution in [0.4, 0.5) is 0 Å². The molecular formula is C22H28N2O2. The van der Waals surface area contributed by atoms with Crippen LogP contribution in [0, 0.1) is 20.8 Å². The third kappa shape index (κ3) is 4.72. The Morgan fingerprint density at radius 3 is 2.31 bits per heavy atom. The van der Waals surface area contributed by atoms with Crippen molar-refractivity contribution in [2.75, 3.05) is 7.05 Å². The predicted molar refractivity (Wildman–Crippen MR) is 105 cm³/mol. The van der Waals surface area contributed by atoms with Crippen LogP contribution in [0.1, 0.15) is 34.7 Å². The SMILES string of the molecule is CNC(=O)[C@H](C)N(Cc1ccccc1C)C(=O)Cc1ccc(C)c(C)c1. The van der Waals surface area contributed by atoms with E-state index in [1.165, 1.54) is 11.1 Å². The van der Waals surface area contributed by atoms with Crippen molar-refractivity contribution in [2.24, 2.45) is 0 Å². The van der Waals surface area contributed by atoms with Gasteiger partial charge in [0.05, 0.1) is 6.42 Å². The van der Waals surface area contributed by atoms with Crippen LogP contribution in [0.25, 0.3) is 0 Å². The third-order valence-electron chi connectivity index (χ3n) is 4.94. The molecule has 0 spiro atoms. The topological polar surface area (TPSA) is 49.4 Å². The first-order valence-corrected chi connectivity index (χ1v) is 8.95. The van der Waals surface area contributed by atoms with Crippen LogP contribution in [0.3, 0.4) is 0 Å². The minimum absolute atomic E-state index is 0.0485. The Morgan fingerprint density at radius 1 is 1.00 bits per heavy atom. The lowest BCUT2D eigenvalue weighted by molar-refractivity contribution is -0.139. The zero-order valence-electron chi connectivity index (χ0n) is 16.3. The van der Waals surface area contributed by atoms with E-state index in [4.69, 9.17) is 0 Å². The van der Waals surface area contributed by atoms with E-state index >= 15 is 0 Å². The number of nitrogens with zero attached hydrogens (tertiary/aromatic N) is 1. The van der Waals surface area contributed by atoms with Crippen molar-refractivity contribution < 1.29 is 9.59 Å². The van der Waals surface area contributed by atoms with E-state index in [-0.39, 0.29) is 18.2 Å². The molecule has 0 bridgehead atoms. The summed E-state index contributed by atoms with van der Waals surface area (Å²) < 4.78 is 0. The van der Waals surface area contributed by atoms with Crippen LogP contribution in [0.5, 0.6) is 0 Å². The second-order valence-corrected chi connectivity index (χ2v) is 6.83. The molecular weight excluding hydrogens is 324 g/mol. The van der Waals surface area contributed by atoms with E-state index in [1.807, 2.05) is 56.3 Å². The zero-order chi connectivity index (χ0) is 19.3. The molecule has 0 aliphatic rings. The molecule has 0 aliphatic heterocycles. The molecule has 2 amide bonds. The van der Waals surface area contributed by atoms with Crippen molar-refractivity contribution in [1.29, 1.82) is 0 Å². The Morgan fingerprint density at radius 2 is 1.69 bits per heavy atom. The molecule has 2 aromatic rings. The molecule has 0 aliphatic carbocycles. The van der Waals surface area contributed by atoms with E-state index in [0.29, 0.717) is 6.54 Å². The van der Waals surface area contributed by atoms with Gasteiger partial charge in [0, 0.05) is 13.6 Å². The first-order chi connectivity index (χ1) is 12.3. The van der Waals surface area contributed by atoms with Gasteiger partial charge in [0.15, 0.2) is 0 Å². The lowest BCUT2D eigenvalue weighted by atomic mass is 10.0. The van der Waals surface area contributed by atoms with E-state index in [0.717, 1.165) is 16.7 Å². The first kappa shape index (κ1) is 19.7.